The van der Waals surface area contributed by atoms with Gasteiger partial charge in [0.25, 0.3) is 10.0 Å². The highest BCUT2D eigenvalue weighted by molar-refractivity contribution is 7.93. The van der Waals surface area contributed by atoms with Gasteiger partial charge in [0.1, 0.15) is 0 Å². The first kappa shape index (κ1) is 19.4. The molecule has 0 spiro atoms. The molecule has 0 fully saturated rings. The number of nitrogens with one attached hydrogen (secondary N) is 3. The molecule has 2 heterocycles. The van der Waals surface area contributed by atoms with Crippen LogP contribution in [0.2, 0.25) is 0 Å². The van der Waals surface area contributed by atoms with Crippen LogP contribution in [0.5, 0.6) is 0 Å². The summed E-state index contributed by atoms with van der Waals surface area (Å²) in [5, 5.41) is 9.47. The van der Waals surface area contributed by atoms with Crippen LogP contribution in [0.25, 0.3) is 0 Å². The molecule has 140 valence electrons. The first-order chi connectivity index (χ1) is 12.9. The van der Waals surface area contributed by atoms with E-state index in [0.29, 0.717) is 10.8 Å². The van der Waals surface area contributed by atoms with E-state index in [1.807, 2.05) is 17.5 Å². The van der Waals surface area contributed by atoms with Crippen molar-refractivity contribution in [2.45, 2.75) is 11.3 Å². The average molecular weight is 439 g/mol. The lowest BCUT2D eigenvalue weighted by molar-refractivity contribution is -0.118. The minimum Gasteiger partial charge on any atom is -0.332 e. The Kier molecular flexibility index (Phi) is 6.16. The van der Waals surface area contributed by atoms with Gasteiger partial charge in [-0.3, -0.25) is 9.52 Å². The van der Waals surface area contributed by atoms with Crippen LogP contribution in [0, 0.1) is 0 Å². The fraction of sp³-hybridized carbons (Fsp3) is 0.0625. The molecule has 3 aromatic rings. The van der Waals surface area contributed by atoms with Gasteiger partial charge in [0.05, 0.1) is 11.3 Å². The molecule has 0 aliphatic heterocycles. The number of anilines is 2. The lowest BCUT2D eigenvalue weighted by Gasteiger charge is -2.10. The smallest absolute Gasteiger partial charge is 0.263 e. The van der Waals surface area contributed by atoms with E-state index in [1.54, 1.807) is 17.5 Å². The second-order valence-corrected chi connectivity index (χ2v) is 9.24. The molecule has 0 saturated carbocycles. The quantitative estimate of drug-likeness (QED) is 0.512. The fourth-order valence-electron chi connectivity index (χ4n) is 2.07. The second-order valence-electron chi connectivity index (χ2n) is 5.23. The van der Waals surface area contributed by atoms with Crippen LogP contribution in [0.4, 0.5) is 10.8 Å². The van der Waals surface area contributed by atoms with E-state index in [-0.39, 0.29) is 22.3 Å². The van der Waals surface area contributed by atoms with Crippen molar-refractivity contribution in [3.8, 4) is 0 Å². The lowest BCUT2D eigenvalue weighted by Crippen LogP contribution is -2.35. The average Bonchev–Trinajstić information content (AvgIpc) is 3.29. The number of sulfonamides is 1. The van der Waals surface area contributed by atoms with Gasteiger partial charge in [-0.1, -0.05) is 6.07 Å². The third-order valence-corrected chi connectivity index (χ3v) is 6.50. The molecule has 0 unspecified atom stereocenters. The number of rotatable bonds is 6. The van der Waals surface area contributed by atoms with Gasteiger partial charge in [-0.2, -0.15) is 0 Å². The van der Waals surface area contributed by atoms with E-state index < -0.39 is 10.0 Å². The number of amides is 1. The van der Waals surface area contributed by atoms with Gasteiger partial charge in [0.15, 0.2) is 10.2 Å². The maximum absolute atomic E-state index is 12.3. The lowest BCUT2D eigenvalue weighted by atomic mass is 10.3. The maximum Gasteiger partial charge on any atom is 0.263 e. The Hall–Kier alpha value is -2.34. The van der Waals surface area contributed by atoms with Gasteiger partial charge < -0.3 is 10.6 Å². The Balaban J connectivity index is 1.57. The van der Waals surface area contributed by atoms with E-state index in [1.165, 1.54) is 41.0 Å². The molecular weight excluding hydrogens is 424 g/mol. The van der Waals surface area contributed by atoms with Crippen LogP contribution in [-0.2, 0) is 21.2 Å². The fourth-order valence-corrected chi connectivity index (χ4v) is 4.79. The molecule has 1 aromatic carbocycles. The number of benzene rings is 1. The van der Waals surface area contributed by atoms with E-state index in [4.69, 9.17) is 12.2 Å². The molecule has 0 radical (unpaired) electrons. The monoisotopic (exact) mass is 438 g/mol. The van der Waals surface area contributed by atoms with E-state index in [0.717, 1.165) is 4.88 Å². The number of thiocarbonyl (C=S) groups is 1. The number of hydrogen-bond acceptors (Lipinski definition) is 7. The van der Waals surface area contributed by atoms with Crippen LogP contribution in [0.3, 0.4) is 0 Å². The van der Waals surface area contributed by atoms with Crippen molar-refractivity contribution >= 4 is 66.8 Å². The molecule has 1 amide bonds. The zero-order valence-corrected chi connectivity index (χ0v) is 17.0. The highest BCUT2D eigenvalue weighted by Crippen LogP contribution is 2.19. The molecule has 0 aliphatic rings. The summed E-state index contributed by atoms with van der Waals surface area (Å²) in [6, 6.07) is 9.76. The zero-order valence-electron chi connectivity index (χ0n) is 13.7. The zero-order chi connectivity index (χ0) is 19.3. The molecule has 0 aliphatic carbocycles. The van der Waals surface area contributed by atoms with Crippen molar-refractivity contribution in [2.75, 3.05) is 10.0 Å². The highest BCUT2D eigenvalue weighted by Gasteiger charge is 2.15. The van der Waals surface area contributed by atoms with Crippen molar-refractivity contribution in [3.05, 3.63) is 58.2 Å². The van der Waals surface area contributed by atoms with Crippen LogP contribution in [0.1, 0.15) is 4.88 Å². The standard InChI is InChI=1S/C16H14N4O3S4/c21-14(10-12-2-1-8-25-12)19-15(24)18-11-3-5-13(6-4-11)27(22,23)20-16-17-7-9-26-16/h1-9H,10H2,(H,17,20)(H2,18,19,21,24). The van der Waals surface area contributed by atoms with Crippen molar-refractivity contribution < 1.29 is 13.2 Å². The minimum absolute atomic E-state index is 0.0934. The van der Waals surface area contributed by atoms with Gasteiger partial charge in [-0.25, -0.2) is 13.4 Å². The number of carbonyl (C=O) groups is 1. The summed E-state index contributed by atoms with van der Waals surface area (Å²) in [7, 11) is -3.71. The first-order valence-corrected chi connectivity index (χ1v) is 11.2. The Labute approximate surface area is 169 Å². The molecule has 2 aromatic heterocycles. The van der Waals surface area contributed by atoms with Crippen molar-refractivity contribution in [1.82, 2.24) is 10.3 Å². The summed E-state index contributed by atoms with van der Waals surface area (Å²) >= 11 is 7.80. The number of aromatic nitrogens is 1. The predicted molar refractivity (Wildman–Crippen MR) is 112 cm³/mol. The number of hydrogen-bond donors (Lipinski definition) is 3. The van der Waals surface area contributed by atoms with Gasteiger partial charge in [-0.15, -0.1) is 22.7 Å². The summed E-state index contributed by atoms with van der Waals surface area (Å²) < 4.78 is 27.0. The molecule has 3 N–H and O–H groups in total. The first-order valence-electron chi connectivity index (χ1n) is 7.58. The normalized spacial score (nSPS) is 11.0. The summed E-state index contributed by atoms with van der Waals surface area (Å²) in [4.78, 5) is 16.9. The van der Waals surface area contributed by atoms with Crippen LogP contribution in [-0.4, -0.2) is 24.4 Å². The topological polar surface area (TPSA) is 100 Å². The third kappa shape index (κ3) is 5.57. The highest BCUT2D eigenvalue weighted by atomic mass is 32.2. The van der Waals surface area contributed by atoms with Gasteiger partial charge in [0, 0.05) is 22.1 Å². The van der Waals surface area contributed by atoms with Crippen molar-refractivity contribution in [3.63, 3.8) is 0 Å². The largest absolute Gasteiger partial charge is 0.332 e. The predicted octanol–water partition coefficient (Wildman–Crippen LogP) is 3.06. The van der Waals surface area contributed by atoms with E-state index in [9.17, 15) is 13.2 Å². The molecule has 3 rings (SSSR count). The Morgan fingerprint density at radius 1 is 1.11 bits per heavy atom. The summed E-state index contributed by atoms with van der Waals surface area (Å²) in [6.07, 6.45) is 1.77. The molecule has 0 bridgehead atoms. The molecule has 7 nitrogen and oxygen atoms in total. The number of thiophene rings is 1. The number of nitrogens with zero attached hydrogens (tertiary/aromatic N) is 1. The maximum atomic E-state index is 12.3. The van der Waals surface area contributed by atoms with E-state index >= 15 is 0 Å². The van der Waals surface area contributed by atoms with Crippen LogP contribution >= 0.6 is 34.9 Å². The minimum atomic E-state index is -3.71. The molecule has 27 heavy (non-hydrogen) atoms. The second kappa shape index (κ2) is 8.57. The Morgan fingerprint density at radius 2 is 1.89 bits per heavy atom. The van der Waals surface area contributed by atoms with E-state index in [2.05, 4.69) is 20.3 Å². The Bertz CT molecular complexity index is 1010. The van der Waals surface area contributed by atoms with Crippen LogP contribution in [0.15, 0.2) is 58.3 Å². The summed E-state index contributed by atoms with van der Waals surface area (Å²) in [5.74, 6) is -0.221. The van der Waals surface area contributed by atoms with Crippen molar-refractivity contribution in [2.24, 2.45) is 0 Å². The third-order valence-electron chi connectivity index (χ3n) is 3.24. The number of thiazole rings is 1. The van der Waals surface area contributed by atoms with Gasteiger partial charge in [-0.05, 0) is 47.9 Å². The SMILES string of the molecule is O=C(Cc1cccs1)NC(=S)Nc1ccc(S(=O)(=O)Nc2nccs2)cc1. The Morgan fingerprint density at radius 3 is 2.52 bits per heavy atom. The van der Waals surface area contributed by atoms with Crippen LogP contribution < -0.4 is 15.4 Å². The number of carbonyl (C=O) groups excluding carboxylic acids is 1. The summed E-state index contributed by atoms with van der Waals surface area (Å²) in [6.45, 7) is 0. The molecule has 0 saturated heterocycles. The molecule has 0 atom stereocenters. The van der Waals surface area contributed by atoms with Gasteiger partial charge in [0.2, 0.25) is 5.91 Å². The molecule has 11 heteroatoms. The van der Waals surface area contributed by atoms with Gasteiger partial charge >= 0.3 is 0 Å². The summed E-state index contributed by atoms with van der Waals surface area (Å²) in [5.41, 5.74) is 0.560. The van der Waals surface area contributed by atoms with Crippen molar-refractivity contribution in [1.29, 1.82) is 0 Å². The molecular formula is C16H14N4O3S4.